The number of hydrogen-bond acceptors (Lipinski definition) is 5. The van der Waals surface area contributed by atoms with Crippen molar-refractivity contribution in [3.63, 3.8) is 0 Å². The van der Waals surface area contributed by atoms with Crippen molar-refractivity contribution in [2.24, 2.45) is 0 Å². The van der Waals surface area contributed by atoms with E-state index in [9.17, 15) is 21.6 Å². The molecule has 0 bridgehead atoms. The summed E-state index contributed by atoms with van der Waals surface area (Å²) in [5.74, 6) is 0.352. The van der Waals surface area contributed by atoms with Crippen LogP contribution in [0.2, 0.25) is 5.02 Å². The van der Waals surface area contributed by atoms with Gasteiger partial charge in [0.2, 0.25) is 0 Å². The van der Waals surface area contributed by atoms with Gasteiger partial charge in [-0.1, -0.05) is 23.7 Å². The average molecular weight is 447 g/mol. The predicted molar refractivity (Wildman–Crippen MR) is 103 cm³/mol. The van der Waals surface area contributed by atoms with E-state index in [4.69, 9.17) is 21.1 Å². The average Bonchev–Trinajstić information content (AvgIpc) is 2.66. The molecule has 0 aliphatic carbocycles. The van der Waals surface area contributed by atoms with Crippen molar-refractivity contribution in [1.29, 1.82) is 0 Å². The smallest absolute Gasteiger partial charge is 0.496 e. The van der Waals surface area contributed by atoms with Crippen LogP contribution in [-0.2, 0) is 10.1 Å². The van der Waals surface area contributed by atoms with Crippen LogP contribution < -0.4 is 13.7 Å². The van der Waals surface area contributed by atoms with Gasteiger partial charge < -0.3 is 13.7 Å². The maximum absolute atomic E-state index is 12.8. The number of ether oxygens (including phenoxy) is 2. The molecule has 0 saturated heterocycles. The Morgan fingerprint density at radius 2 is 1.52 bits per heavy atom. The number of methoxy groups -OCH3 is 2. The topological polar surface area (TPSA) is 61.8 Å². The zero-order valence-corrected chi connectivity index (χ0v) is 16.7. The lowest BCUT2D eigenvalue weighted by Gasteiger charge is -2.17. The Bertz CT molecular complexity index is 1180. The molecule has 3 aromatic rings. The summed E-state index contributed by atoms with van der Waals surface area (Å²) in [5, 5.41) is 1.13. The first-order valence-corrected chi connectivity index (χ1v) is 9.82. The molecule has 154 valence electrons. The Morgan fingerprint density at radius 1 is 0.862 bits per heavy atom. The molecule has 3 aromatic carbocycles. The van der Waals surface area contributed by atoms with Gasteiger partial charge in [-0.15, -0.1) is 0 Å². The van der Waals surface area contributed by atoms with Crippen LogP contribution in [-0.4, -0.2) is 28.1 Å². The molecule has 0 saturated carbocycles. The molecule has 0 fully saturated rings. The molecule has 0 aromatic heterocycles. The van der Waals surface area contributed by atoms with Crippen molar-refractivity contribution in [2.75, 3.05) is 14.2 Å². The van der Waals surface area contributed by atoms with Crippen LogP contribution in [0.15, 0.2) is 48.5 Å². The second kappa shape index (κ2) is 7.64. The minimum Gasteiger partial charge on any atom is -0.496 e. The van der Waals surface area contributed by atoms with Gasteiger partial charge in [0, 0.05) is 27.4 Å². The van der Waals surface area contributed by atoms with Crippen molar-refractivity contribution >= 4 is 32.5 Å². The lowest BCUT2D eigenvalue weighted by atomic mass is 9.96. The van der Waals surface area contributed by atoms with Crippen molar-refractivity contribution in [1.82, 2.24) is 0 Å². The predicted octanol–water partition coefficient (Wildman–Crippen LogP) is 5.41. The van der Waals surface area contributed by atoms with E-state index in [0.717, 1.165) is 6.07 Å². The van der Waals surface area contributed by atoms with Crippen LogP contribution in [0.1, 0.15) is 0 Å². The van der Waals surface area contributed by atoms with E-state index in [1.54, 1.807) is 30.3 Å². The van der Waals surface area contributed by atoms with Crippen LogP contribution >= 0.6 is 11.6 Å². The molecule has 0 aliphatic rings. The largest absolute Gasteiger partial charge is 0.534 e. The van der Waals surface area contributed by atoms with Crippen LogP contribution in [0.3, 0.4) is 0 Å². The second-order valence-electron chi connectivity index (χ2n) is 5.82. The van der Waals surface area contributed by atoms with Crippen molar-refractivity contribution < 1.29 is 35.2 Å². The Labute approximate surface area is 169 Å². The van der Waals surface area contributed by atoms with E-state index in [1.807, 2.05) is 0 Å². The molecule has 0 heterocycles. The molecule has 3 rings (SSSR count). The van der Waals surface area contributed by atoms with Gasteiger partial charge in [-0.2, -0.15) is 21.6 Å². The Balaban J connectivity index is 2.32. The first kappa shape index (κ1) is 21.1. The van der Waals surface area contributed by atoms with Gasteiger partial charge in [0.15, 0.2) is 5.75 Å². The molecule has 0 atom stereocenters. The number of fused-ring (bicyclic) bond motifs is 1. The molecule has 10 heteroatoms. The summed E-state index contributed by atoms with van der Waals surface area (Å²) in [5.41, 5.74) is -5.13. The van der Waals surface area contributed by atoms with Gasteiger partial charge >= 0.3 is 15.6 Å². The maximum atomic E-state index is 12.8. The first-order valence-electron chi connectivity index (χ1n) is 8.03. The third-order valence-corrected chi connectivity index (χ3v) is 5.32. The summed E-state index contributed by atoms with van der Waals surface area (Å²) in [4.78, 5) is 0. The molecule has 0 aliphatic heterocycles. The van der Waals surface area contributed by atoms with Crippen LogP contribution in [0.5, 0.6) is 17.2 Å². The number of hydrogen-bond donors (Lipinski definition) is 0. The minimum atomic E-state index is -5.89. The molecule has 0 amide bonds. The molecule has 0 spiro atoms. The molecular formula is C19H14ClF3O5S. The lowest BCUT2D eigenvalue weighted by molar-refractivity contribution is -0.0499. The zero-order valence-electron chi connectivity index (χ0n) is 15.1. The van der Waals surface area contributed by atoms with E-state index in [0.29, 0.717) is 27.8 Å². The first-order chi connectivity index (χ1) is 13.6. The van der Waals surface area contributed by atoms with Gasteiger partial charge in [0.1, 0.15) is 11.5 Å². The van der Waals surface area contributed by atoms with Crippen LogP contribution in [0, 0.1) is 0 Å². The molecule has 0 N–H and O–H groups in total. The van der Waals surface area contributed by atoms with E-state index in [-0.39, 0.29) is 10.6 Å². The van der Waals surface area contributed by atoms with E-state index < -0.39 is 21.4 Å². The fourth-order valence-corrected chi connectivity index (χ4v) is 3.50. The van der Waals surface area contributed by atoms with E-state index >= 15 is 0 Å². The SMILES string of the molecule is COc1ccc(-c2ccc(Cl)cc2OS(=O)(=O)C(F)(F)F)c2c(OC)cccc12. The fourth-order valence-electron chi connectivity index (χ4n) is 2.87. The summed E-state index contributed by atoms with van der Waals surface area (Å²) < 4.78 is 76.8. The number of rotatable bonds is 5. The standard InChI is InChI=1S/C19H14ClF3O5S/c1-26-15-9-8-13(18-14(15)4-3-5-16(18)27-2)12-7-6-11(20)10-17(12)28-29(24,25)19(21,22)23/h3-10H,1-2H3. The Kier molecular flexibility index (Phi) is 5.55. The van der Waals surface area contributed by atoms with Crippen molar-refractivity contribution in [2.45, 2.75) is 5.51 Å². The Morgan fingerprint density at radius 3 is 2.14 bits per heavy atom. The normalized spacial score (nSPS) is 12.1. The van der Waals surface area contributed by atoms with Crippen molar-refractivity contribution in [3.05, 3.63) is 53.6 Å². The van der Waals surface area contributed by atoms with E-state index in [1.165, 1.54) is 26.4 Å². The molecule has 0 radical (unpaired) electrons. The maximum Gasteiger partial charge on any atom is 0.534 e. The summed E-state index contributed by atoms with van der Waals surface area (Å²) in [6.45, 7) is 0. The summed E-state index contributed by atoms with van der Waals surface area (Å²) in [7, 11) is -2.99. The zero-order chi connectivity index (χ0) is 21.4. The van der Waals surface area contributed by atoms with Crippen LogP contribution in [0.4, 0.5) is 13.2 Å². The summed E-state index contributed by atoms with van der Waals surface area (Å²) >= 11 is 5.87. The fraction of sp³-hybridized carbons (Fsp3) is 0.158. The van der Waals surface area contributed by atoms with Gasteiger partial charge in [-0.05, 0) is 35.9 Å². The lowest BCUT2D eigenvalue weighted by Crippen LogP contribution is -2.28. The Hall–Kier alpha value is -2.65. The number of benzene rings is 3. The highest BCUT2D eigenvalue weighted by atomic mass is 35.5. The molecular weight excluding hydrogens is 433 g/mol. The highest BCUT2D eigenvalue weighted by Gasteiger charge is 2.48. The van der Waals surface area contributed by atoms with Gasteiger partial charge in [-0.25, -0.2) is 0 Å². The van der Waals surface area contributed by atoms with Gasteiger partial charge in [-0.3, -0.25) is 0 Å². The van der Waals surface area contributed by atoms with E-state index in [2.05, 4.69) is 4.18 Å². The third-order valence-electron chi connectivity index (χ3n) is 4.12. The molecule has 29 heavy (non-hydrogen) atoms. The van der Waals surface area contributed by atoms with Gasteiger partial charge in [0.25, 0.3) is 0 Å². The highest BCUT2D eigenvalue weighted by Crippen LogP contribution is 2.44. The number of alkyl halides is 3. The molecule has 0 unspecified atom stereocenters. The molecule has 5 nitrogen and oxygen atoms in total. The number of halogens is 4. The van der Waals surface area contributed by atoms with Gasteiger partial charge in [0.05, 0.1) is 14.2 Å². The quantitative estimate of drug-likeness (QED) is 0.387. The highest BCUT2D eigenvalue weighted by molar-refractivity contribution is 7.88. The van der Waals surface area contributed by atoms with Crippen LogP contribution in [0.25, 0.3) is 21.9 Å². The minimum absolute atomic E-state index is 0.00547. The summed E-state index contributed by atoms with van der Waals surface area (Å²) in [6, 6.07) is 12.1. The third kappa shape index (κ3) is 3.92. The van der Waals surface area contributed by atoms with Crippen molar-refractivity contribution in [3.8, 4) is 28.4 Å². The monoisotopic (exact) mass is 446 g/mol. The summed E-state index contributed by atoms with van der Waals surface area (Å²) in [6.07, 6.45) is 0. The second-order valence-corrected chi connectivity index (χ2v) is 7.80.